The topological polar surface area (TPSA) is 71.1 Å². The van der Waals surface area contributed by atoms with E-state index in [1.165, 1.54) is 0 Å². The lowest BCUT2D eigenvalue weighted by molar-refractivity contribution is -0.148. The SMILES string of the molecule is CC1(C)[C@H](C#CCl)[C@@H]1C(=O)OCc1cccc(Oc2ccccc2)c1.CC1(C)[C@H](C(=O)OCc2cccc(Oc3ccccc3)c2)[C@@H]1C#CCl. The summed E-state index contributed by atoms with van der Waals surface area (Å²) in [4.78, 5) is 24.6. The molecule has 8 heteroatoms. The molecule has 0 saturated heterocycles. The zero-order valence-corrected chi connectivity index (χ0v) is 29.8. The predicted molar refractivity (Wildman–Crippen MR) is 194 cm³/mol. The molecule has 0 unspecified atom stereocenters. The van der Waals surface area contributed by atoms with Crippen molar-refractivity contribution in [1.29, 1.82) is 0 Å². The fourth-order valence-corrected chi connectivity index (χ4v) is 6.18. The van der Waals surface area contributed by atoms with E-state index < -0.39 is 0 Å². The molecular weight excluding hydrogens is 671 g/mol. The molecule has 50 heavy (non-hydrogen) atoms. The van der Waals surface area contributed by atoms with Crippen molar-refractivity contribution in [2.24, 2.45) is 34.5 Å². The van der Waals surface area contributed by atoms with Crippen LogP contribution in [0.15, 0.2) is 109 Å². The molecule has 0 spiro atoms. The number of hydrogen-bond acceptors (Lipinski definition) is 6. The zero-order valence-electron chi connectivity index (χ0n) is 28.3. The van der Waals surface area contributed by atoms with E-state index in [0.717, 1.165) is 22.6 Å². The Kier molecular flexibility index (Phi) is 11.8. The standard InChI is InChI=1S/2C21H19ClO3/c2*1-21(2)18(11-12-22)19(21)20(23)24-14-15-7-6-10-17(13-15)25-16-8-4-3-5-9-16/h2*3-10,13,18-19H,14H2,1-2H3/t2*18-,19-/m10/s1. The summed E-state index contributed by atoms with van der Waals surface area (Å²) in [6, 6.07) is 34.1. The van der Waals surface area contributed by atoms with E-state index in [0.29, 0.717) is 11.5 Å². The maximum atomic E-state index is 12.3. The Morgan fingerprint density at radius 1 is 0.560 bits per heavy atom. The number of hydrogen-bond donors (Lipinski definition) is 0. The Balaban J connectivity index is 0.000000194. The van der Waals surface area contributed by atoms with Crippen molar-refractivity contribution in [2.75, 3.05) is 0 Å². The van der Waals surface area contributed by atoms with Crippen LogP contribution < -0.4 is 9.47 Å². The number of para-hydroxylation sites is 2. The third-order valence-electron chi connectivity index (χ3n) is 9.10. The summed E-state index contributed by atoms with van der Waals surface area (Å²) in [5, 5.41) is 4.74. The van der Waals surface area contributed by atoms with Crippen molar-refractivity contribution in [3.63, 3.8) is 0 Å². The summed E-state index contributed by atoms with van der Waals surface area (Å²) < 4.78 is 22.5. The van der Waals surface area contributed by atoms with E-state index in [9.17, 15) is 9.59 Å². The molecule has 0 radical (unpaired) electrons. The fraction of sp³-hybridized carbons (Fsp3) is 0.286. The highest BCUT2D eigenvalue weighted by Crippen LogP contribution is 2.59. The van der Waals surface area contributed by atoms with Gasteiger partial charge in [-0.05, 0) is 93.7 Å². The second-order valence-corrected chi connectivity index (χ2v) is 13.7. The average Bonchev–Trinajstić information content (AvgIpc) is 3.88. The van der Waals surface area contributed by atoms with Crippen LogP contribution in [0.5, 0.6) is 23.0 Å². The zero-order chi connectivity index (χ0) is 35.7. The molecular formula is C42H38Cl2O6. The van der Waals surface area contributed by atoms with Crippen LogP contribution in [-0.4, -0.2) is 11.9 Å². The van der Waals surface area contributed by atoms with E-state index in [4.69, 9.17) is 42.1 Å². The minimum absolute atomic E-state index is 0.0368. The first-order valence-electron chi connectivity index (χ1n) is 16.2. The van der Waals surface area contributed by atoms with Gasteiger partial charge in [-0.25, -0.2) is 0 Å². The Bertz CT molecular complexity index is 1780. The van der Waals surface area contributed by atoms with Gasteiger partial charge in [0.2, 0.25) is 0 Å². The van der Waals surface area contributed by atoms with Gasteiger partial charge in [0.05, 0.1) is 11.8 Å². The molecule has 2 aliphatic rings. The summed E-state index contributed by atoms with van der Waals surface area (Å²) >= 11 is 10.9. The second-order valence-electron chi connectivity index (χ2n) is 13.4. The van der Waals surface area contributed by atoms with Gasteiger partial charge in [-0.2, -0.15) is 0 Å². The van der Waals surface area contributed by atoms with Crippen LogP contribution in [0.4, 0.5) is 0 Å². The van der Waals surface area contributed by atoms with Crippen LogP contribution in [0.25, 0.3) is 0 Å². The summed E-state index contributed by atoms with van der Waals surface area (Å²) in [6.07, 6.45) is 0. The highest BCUT2D eigenvalue weighted by atomic mass is 35.5. The normalized spacial score (nSPS) is 20.1. The number of ether oxygens (including phenoxy) is 4. The first-order chi connectivity index (χ1) is 24.0. The first kappa shape index (κ1) is 36.4. The summed E-state index contributed by atoms with van der Waals surface area (Å²) in [7, 11) is 0. The van der Waals surface area contributed by atoms with Gasteiger partial charge in [0.15, 0.2) is 0 Å². The summed E-state index contributed by atoms with van der Waals surface area (Å²) in [5.74, 6) is 7.70. The van der Waals surface area contributed by atoms with Crippen molar-refractivity contribution in [3.05, 3.63) is 120 Å². The number of carbonyl (C=O) groups is 2. The number of halogens is 2. The lowest BCUT2D eigenvalue weighted by atomic mass is 10.1. The monoisotopic (exact) mass is 708 g/mol. The molecule has 0 amide bonds. The minimum Gasteiger partial charge on any atom is -0.461 e. The van der Waals surface area contributed by atoms with Crippen molar-refractivity contribution in [2.45, 2.75) is 40.9 Å². The van der Waals surface area contributed by atoms with Gasteiger partial charge in [0.1, 0.15) is 36.2 Å². The van der Waals surface area contributed by atoms with Crippen molar-refractivity contribution >= 4 is 35.1 Å². The second kappa shape index (κ2) is 16.2. The molecule has 0 heterocycles. The van der Waals surface area contributed by atoms with Crippen LogP contribution in [0.1, 0.15) is 38.8 Å². The maximum absolute atomic E-state index is 12.3. The van der Waals surface area contributed by atoms with Gasteiger partial charge in [0, 0.05) is 22.6 Å². The number of benzene rings is 4. The van der Waals surface area contributed by atoms with Gasteiger partial charge in [-0.1, -0.05) is 100 Å². The Labute approximate surface area is 304 Å². The molecule has 0 bridgehead atoms. The predicted octanol–water partition coefficient (Wildman–Crippen LogP) is 9.99. The van der Waals surface area contributed by atoms with E-state index in [1.807, 2.05) is 137 Å². The van der Waals surface area contributed by atoms with Gasteiger partial charge in [-0.3, -0.25) is 9.59 Å². The highest BCUT2D eigenvalue weighted by Gasteiger charge is 2.63. The highest BCUT2D eigenvalue weighted by molar-refractivity contribution is 6.30. The average molecular weight is 710 g/mol. The van der Waals surface area contributed by atoms with E-state index in [1.54, 1.807) is 0 Å². The molecule has 0 aromatic heterocycles. The molecule has 0 N–H and O–H groups in total. The molecule has 2 saturated carbocycles. The van der Waals surface area contributed by atoms with Crippen molar-refractivity contribution < 1.29 is 28.5 Å². The van der Waals surface area contributed by atoms with Gasteiger partial charge in [0.25, 0.3) is 0 Å². The molecule has 2 fully saturated rings. The Morgan fingerprint density at radius 2 is 0.920 bits per heavy atom. The lowest BCUT2D eigenvalue weighted by Gasteiger charge is -2.09. The van der Waals surface area contributed by atoms with E-state index in [-0.39, 0.29) is 59.7 Å². The third kappa shape index (κ3) is 9.21. The molecule has 6 nitrogen and oxygen atoms in total. The van der Waals surface area contributed by atoms with Crippen molar-refractivity contribution in [1.82, 2.24) is 0 Å². The smallest absolute Gasteiger partial charge is 0.311 e. The molecule has 256 valence electrons. The number of esters is 2. The van der Waals surface area contributed by atoms with Crippen LogP contribution >= 0.6 is 23.2 Å². The number of rotatable bonds is 10. The Hall–Kier alpha value is -4.88. The molecule has 0 aliphatic heterocycles. The van der Waals surface area contributed by atoms with Crippen LogP contribution in [-0.2, 0) is 32.3 Å². The van der Waals surface area contributed by atoms with E-state index >= 15 is 0 Å². The first-order valence-corrected chi connectivity index (χ1v) is 17.0. The van der Waals surface area contributed by atoms with Gasteiger partial charge < -0.3 is 18.9 Å². The molecule has 4 aromatic rings. The summed E-state index contributed by atoms with van der Waals surface area (Å²) in [6.45, 7) is 8.41. The van der Waals surface area contributed by atoms with Crippen LogP contribution in [0.2, 0.25) is 0 Å². The molecule has 2 aliphatic carbocycles. The number of carbonyl (C=O) groups excluding carboxylic acids is 2. The van der Waals surface area contributed by atoms with Crippen LogP contribution in [0.3, 0.4) is 0 Å². The fourth-order valence-electron chi connectivity index (χ4n) is 5.95. The molecule has 6 rings (SSSR count). The third-order valence-corrected chi connectivity index (χ3v) is 9.32. The van der Waals surface area contributed by atoms with Gasteiger partial charge >= 0.3 is 11.9 Å². The Morgan fingerprint density at radius 3 is 1.28 bits per heavy atom. The van der Waals surface area contributed by atoms with Crippen LogP contribution in [0, 0.1) is 57.1 Å². The van der Waals surface area contributed by atoms with Crippen molar-refractivity contribution in [3.8, 4) is 45.6 Å². The molecule has 4 aromatic carbocycles. The largest absolute Gasteiger partial charge is 0.461 e. The lowest BCUT2D eigenvalue weighted by Crippen LogP contribution is -2.10. The van der Waals surface area contributed by atoms with Gasteiger partial charge in [-0.15, -0.1) is 0 Å². The molecule has 4 atom stereocenters. The quantitative estimate of drug-likeness (QED) is 0.121. The summed E-state index contributed by atoms with van der Waals surface area (Å²) in [5.41, 5.74) is 1.38. The maximum Gasteiger partial charge on any atom is 0.311 e. The minimum atomic E-state index is -0.233. The van der Waals surface area contributed by atoms with E-state index in [2.05, 4.69) is 22.6 Å².